The maximum absolute atomic E-state index is 12.6. The van der Waals surface area contributed by atoms with Crippen molar-refractivity contribution < 1.29 is 17.9 Å². The molecule has 1 atom stereocenters. The second-order valence-corrected chi connectivity index (χ2v) is 7.28. The molecule has 0 saturated carbocycles. The van der Waals surface area contributed by atoms with Gasteiger partial charge in [0.1, 0.15) is 6.07 Å². The van der Waals surface area contributed by atoms with Crippen LogP contribution in [0.5, 0.6) is 0 Å². The summed E-state index contributed by atoms with van der Waals surface area (Å²) in [4.78, 5) is 12.1. The number of ether oxygens (including phenoxy) is 1. The van der Waals surface area contributed by atoms with Crippen LogP contribution in [0.1, 0.15) is 28.4 Å². The van der Waals surface area contributed by atoms with Gasteiger partial charge in [0.25, 0.3) is 10.0 Å². The molecule has 0 spiro atoms. The van der Waals surface area contributed by atoms with E-state index < -0.39 is 22.1 Å². The van der Waals surface area contributed by atoms with Gasteiger partial charge in [-0.25, -0.2) is 13.2 Å². The summed E-state index contributed by atoms with van der Waals surface area (Å²) in [6.45, 7) is 4.97. The number of benzene rings is 2. The number of aryl methyl sites for hydroxylation is 2. The third kappa shape index (κ3) is 4.58. The van der Waals surface area contributed by atoms with Crippen LogP contribution >= 0.6 is 0 Å². The van der Waals surface area contributed by atoms with Gasteiger partial charge < -0.3 is 4.74 Å². The lowest BCUT2D eigenvalue weighted by Crippen LogP contribution is -2.16. The summed E-state index contributed by atoms with van der Waals surface area (Å²) < 4.78 is 32.6. The zero-order valence-electron chi connectivity index (χ0n) is 14.1. The fraction of sp³-hybridized carbons (Fsp3) is 0.222. The highest BCUT2D eigenvalue weighted by molar-refractivity contribution is 7.92. The minimum Gasteiger partial charge on any atom is -0.444 e. The molecule has 0 heterocycles. The predicted molar refractivity (Wildman–Crippen MR) is 93.7 cm³/mol. The molecule has 1 N–H and O–H groups in total. The van der Waals surface area contributed by atoms with E-state index in [1.807, 2.05) is 13.0 Å². The topological polar surface area (TPSA) is 96.3 Å². The van der Waals surface area contributed by atoms with Crippen LogP contribution in [0.25, 0.3) is 0 Å². The van der Waals surface area contributed by atoms with E-state index in [4.69, 9.17) is 10.00 Å². The van der Waals surface area contributed by atoms with Gasteiger partial charge in [0.05, 0.1) is 10.5 Å². The van der Waals surface area contributed by atoms with Crippen molar-refractivity contribution in [2.45, 2.75) is 31.8 Å². The van der Waals surface area contributed by atoms with Gasteiger partial charge in [-0.15, -0.1) is 0 Å². The van der Waals surface area contributed by atoms with E-state index in [2.05, 4.69) is 4.72 Å². The molecule has 0 aliphatic rings. The van der Waals surface area contributed by atoms with Crippen LogP contribution in [0.15, 0.2) is 47.4 Å². The van der Waals surface area contributed by atoms with Crippen LogP contribution in [0.2, 0.25) is 0 Å². The summed E-state index contributed by atoms with van der Waals surface area (Å²) in [6, 6.07) is 12.9. The predicted octanol–water partition coefficient (Wildman–Crippen LogP) is 3.17. The van der Waals surface area contributed by atoms with E-state index in [1.54, 1.807) is 25.1 Å². The molecular formula is C18H18N2O4S. The van der Waals surface area contributed by atoms with Gasteiger partial charge in [0.15, 0.2) is 6.10 Å². The van der Waals surface area contributed by atoms with Gasteiger partial charge >= 0.3 is 5.97 Å². The fourth-order valence-corrected chi connectivity index (χ4v) is 3.55. The van der Waals surface area contributed by atoms with Gasteiger partial charge in [-0.05, 0) is 56.2 Å². The number of nitrogens with zero attached hydrogens (tertiary/aromatic N) is 1. The van der Waals surface area contributed by atoms with Gasteiger partial charge in [-0.2, -0.15) is 5.26 Å². The highest BCUT2D eigenvalue weighted by Crippen LogP contribution is 2.21. The van der Waals surface area contributed by atoms with E-state index in [0.29, 0.717) is 5.56 Å². The largest absolute Gasteiger partial charge is 0.444 e. The highest BCUT2D eigenvalue weighted by atomic mass is 32.2. The Hall–Kier alpha value is -2.85. The van der Waals surface area contributed by atoms with E-state index in [1.165, 1.54) is 31.2 Å². The molecule has 0 amide bonds. The Kier molecular flexibility index (Phi) is 5.45. The first-order chi connectivity index (χ1) is 11.7. The summed E-state index contributed by atoms with van der Waals surface area (Å²) in [5, 5.41) is 8.69. The Morgan fingerprint density at radius 3 is 2.60 bits per heavy atom. The van der Waals surface area contributed by atoms with E-state index >= 15 is 0 Å². The smallest absolute Gasteiger partial charge is 0.339 e. The van der Waals surface area contributed by atoms with Crippen molar-refractivity contribution in [3.63, 3.8) is 0 Å². The molecule has 0 fully saturated rings. The van der Waals surface area contributed by atoms with Crippen molar-refractivity contribution in [2.75, 3.05) is 4.72 Å². The Balaban J connectivity index is 2.29. The van der Waals surface area contributed by atoms with E-state index in [-0.39, 0.29) is 16.1 Å². The summed E-state index contributed by atoms with van der Waals surface area (Å²) in [5.74, 6) is -0.693. The molecule has 0 bridgehead atoms. The van der Waals surface area contributed by atoms with Crippen molar-refractivity contribution in [2.24, 2.45) is 0 Å². The SMILES string of the molecule is Cc1ccc(C)c(S(=O)(=O)Nc2cccc(C(=O)O[C@@H](C)C#N)c2)c1. The molecule has 6 nitrogen and oxygen atoms in total. The number of hydrogen-bond donors (Lipinski definition) is 1. The Labute approximate surface area is 147 Å². The first-order valence-electron chi connectivity index (χ1n) is 7.53. The first kappa shape index (κ1) is 18.5. The number of nitriles is 1. The molecule has 25 heavy (non-hydrogen) atoms. The molecule has 2 aromatic rings. The van der Waals surface area contributed by atoms with E-state index in [9.17, 15) is 13.2 Å². The molecule has 0 unspecified atom stereocenters. The Morgan fingerprint density at radius 1 is 1.20 bits per heavy atom. The summed E-state index contributed by atoms with van der Waals surface area (Å²) >= 11 is 0. The number of carbonyl (C=O) groups is 1. The minimum absolute atomic E-state index is 0.156. The second-order valence-electron chi connectivity index (χ2n) is 5.63. The third-order valence-corrected chi connectivity index (χ3v) is 4.97. The zero-order chi connectivity index (χ0) is 18.6. The standard InChI is InChI=1S/C18H18N2O4S/c1-12-7-8-13(2)17(9-12)25(22,23)20-16-6-4-5-15(10-16)18(21)24-14(3)11-19/h4-10,14,20H,1-3H3/t14-/m0/s1. The Morgan fingerprint density at radius 2 is 1.92 bits per heavy atom. The van der Waals surface area contributed by atoms with Crippen LogP contribution in [-0.4, -0.2) is 20.5 Å². The average Bonchev–Trinajstić information content (AvgIpc) is 2.56. The quantitative estimate of drug-likeness (QED) is 0.828. The van der Waals surface area contributed by atoms with Gasteiger partial charge in [0, 0.05) is 5.69 Å². The maximum atomic E-state index is 12.6. The number of carbonyl (C=O) groups excluding carboxylic acids is 1. The lowest BCUT2D eigenvalue weighted by atomic mass is 10.2. The lowest BCUT2D eigenvalue weighted by molar-refractivity contribution is 0.0435. The monoisotopic (exact) mass is 358 g/mol. The number of esters is 1. The fourth-order valence-electron chi connectivity index (χ4n) is 2.17. The average molecular weight is 358 g/mol. The minimum atomic E-state index is -3.79. The third-order valence-electron chi connectivity index (χ3n) is 3.45. The lowest BCUT2D eigenvalue weighted by Gasteiger charge is -2.12. The first-order valence-corrected chi connectivity index (χ1v) is 9.02. The van der Waals surface area contributed by atoms with Gasteiger partial charge in [0.2, 0.25) is 0 Å². The second kappa shape index (κ2) is 7.36. The molecule has 0 radical (unpaired) electrons. The maximum Gasteiger partial charge on any atom is 0.339 e. The summed E-state index contributed by atoms with van der Waals surface area (Å²) in [6.07, 6.45) is -0.886. The Bertz CT molecular complexity index is 946. The molecule has 2 aromatic carbocycles. The van der Waals surface area contributed by atoms with Crippen molar-refractivity contribution in [3.05, 3.63) is 59.2 Å². The molecule has 130 valence electrons. The normalized spacial score (nSPS) is 12.1. The van der Waals surface area contributed by atoms with Crippen molar-refractivity contribution in [3.8, 4) is 6.07 Å². The van der Waals surface area contributed by atoms with Crippen LogP contribution in [0.4, 0.5) is 5.69 Å². The van der Waals surface area contributed by atoms with Crippen LogP contribution in [-0.2, 0) is 14.8 Å². The zero-order valence-corrected chi connectivity index (χ0v) is 14.9. The molecule has 2 rings (SSSR count). The number of hydrogen-bond acceptors (Lipinski definition) is 5. The van der Waals surface area contributed by atoms with Crippen LogP contribution in [0.3, 0.4) is 0 Å². The number of nitrogens with one attached hydrogen (secondary N) is 1. The van der Waals surface area contributed by atoms with Crippen LogP contribution in [0, 0.1) is 25.2 Å². The van der Waals surface area contributed by atoms with Gasteiger partial charge in [-0.3, -0.25) is 4.72 Å². The van der Waals surface area contributed by atoms with Crippen molar-refractivity contribution in [1.29, 1.82) is 5.26 Å². The van der Waals surface area contributed by atoms with Crippen molar-refractivity contribution >= 4 is 21.7 Å². The molecule has 7 heteroatoms. The summed E-state index contributed by atoms with van der Waals surface area (Å²) in [5.41, 5.74) is 1.84. The van der Waals surface area contributed by atoms with Gasteiger partial charge in [-0.1, -0.05) is 18.2 Å². The molecule has 0 aromatic heterocycles. The van der Waals surface area contributed by atoms with Crippen LogP contribution < -0.4 is 4.72 Å². The van der Waals surface area contributed by atoms with Crippen molar-refractivity contribution in [1.82, 2.24) is 0 Å². The number of anilines is 1. The molecule has 0 aliphatic heterocycles. The van der Waals surface area contributed by atoms with E-state index in [0.717, 1.165) is 5.56 Å². The highest BCUT2D eigenvalue weighted by Gasteiger charge is 2.18. The molecular weight excluding hydrogens is 340 g/mol. The number of sulfonamides is 1. The number of rotatable bonds is 5. The molecule has 0 aliphatic carbocycles. The summed E-state index contributed by atoms with van der Waals surface area (Å²) in [7, 11) is -3.79. The molecule has 0 saturated heterocycles.